The highest BCUT2D eigenvalue weighted by atomic mass is 32.1. The zero-order valence-electron chi connectivity index (χ0n) is 11.0. The van der Waals surface area contributed by atoms with E-state index in [2.05, 4.69) is 37.8 Å². The third-order valence-corrected chi connectivity index (χ3v) is 4.98. The second kappa shape index (κ2) is 5.27. The first-order valence-corrected chi connectivity index (χ1v) is 8.26. The van der Waals surface area contributed by atoms with Crippen molar-refractivity contribution in [2.45, 2.75) is 0 Å². The molecular formula is C16H11N3S2. The third-order valence-electron chi connectivity index (χ3n) is 3.20. The van der Waals surface area contributed by atoms with Crippen LogP contribution in [0.3, 0.4) is 0 Å². The van der Waals surface area contributed by atoms with Crippen molar-refractivity contribution in [1.29, 1.82) is 0 Å². The van der Waals surface area contributed by atoms with Gasteiger partial charge in [-0.2, -0.15) is 0 Å². The molecule has 1 N–H and O–H groups in total. The number of H-pyrrole nitrogens is 1. The normalized spacial score (nSPS) is 10.9. The molecule has 21 heavy (non-hydrogen) atoms. The zero-order valence-corrected chi connectivity index (χ0v) is 12.6. The maximum Gasteiger partial charge on any atom is 0.102 e. The van der Waals surface area contributed by atoms with Crippen molar-refractivity contribution in [2.75, 3.05) is 0 Å². The SMILES string of the molecule is c1cc2c([nH]c3ccsc32)s1.c1ccc2nccnc2c1. The first-order valence-electron chi connectivity index (χ1n) is 6.50. The number of nitrogens with zero attached hydrogens (tertiary/aromatic N) is 2. The fraction of sp³-hybridized carbons (Fsp3) is 0. The van der Waals surface area contributed by atoms with Crippen LogP contribution in [0, 0.1) is 0 Å². The predicted molar refractivity (Wildman–Crippen MR) is 91.1 cm³/mol. The standard InChI is InChI=1S/C8H6N2.C8H5NS2/c1-2-4-8-7(3-1)9-5-6-10-8;1-3-11-8-5(1)7-6(9-8)2-4-10-7/h1-6H;1-4,9H. The molecule has 0 saturated carbocycles. The number of hydrogen-bond donors (Lipinski definition) is 1. The van der Waals surface area contributed by atoms with Gasteiger partial charge in [0, 0.05) is 17.8 Å². The lowest BCUT2D eigenvalue weighted by Gasteiger charge is -1.90. The molecule has 5 aromatic rings. The Morgan fingerprint density at radius 1 is 0.810 bits per heavy atom. The van der Waals surface area contributed by atoms with Gasteiger partial charge in [0.15, 0.2) is 0 Å². The van der Waals surface area contributed by atoms with Gasteiger partial charge in [0.1, 0.15) is 4.83 Å². The number of aromatic nitrogens is 3. The number of rotatable bonds is 0. The van der Waals surface area contributed by atoms with Gasteiger partial charge in [-0.05, 0) is 35.0 Å². The van der Waals surface area contributed by atoms with Crippen LogP contribution in [-0.4, -0.2) is 15.0 Å². The maximum absolute atomic E-state index is 4.12. The molecule has 0 bridgehead atoms. The van der Waals surface area contributed by atoms with E-state index in [0.717, 1.165) is 11.0 Å². The fourth-order valence-electron chi connectivity index (χ4n) is 2.23. The van der Waals surface area contributed by atoms with Crippen molar-refractivity contribution in [1.82, 2.24) is 15.0 Å². The maximum atomic E-state index is 4.12. The van der Waals surface area contributed by atoms with E-state index in [1.807, 2.05) is 24.3 Å². The van der Waals surface area contributed by atoms with Crippen LogP contribution in [0.25, 0.3) is 31.5 Å². The summed E-state index contributed by atoms with van der Waals surface area (Å²) in [5.41, 5.74) is 3.17. The molecule has 1 aromatic carbocycles. The van der Waals surface area contributed by atoms with Crippen molar-refractivity contribution in [3.63, 3.8) is 0 Å². The first-order chi connectivity index (χ1) is 10.4. The summed E-state index contributed by atoms with van der Waals surface area (Å²) in [6.45, 7) is 0. The molecule has 3 nitrogen and oxygen atoms in total. The molecule has 0 radical (unpaired) electrons. The minimum Gasteiger partial charge on any atom is -0.346 e. The number of hydrogen-bond acceptors (Lipinski definition) is 4. The van der Waals surface area contributed by atoms with Gasteiger partial charge in [0.25, 0.3) is 0 Å². The second-order valence-corrected chi connectivity index (χ2v) is 6.33. The molecule has 0 amide bonds. The van der Waals surface area contributed by atoms with Crippen LogP contribution >= 0.6 is 22.7 Å². The van der Waals surface area contributed by atoms with E-state index >= 15 is 0 Å². The van der Waals surface area contributed by atoms with Crippen molar-refractivity contribution >= 4 is 54.1 Å². The fourth-order valence-corrected chi connectivity index (χ4v) is 3.99. The molecule has 5 heteroatoms. The lowest BCUT2D eigenvalue weighted by molar-refractivity contribution is 1.29. The van der Waals surface area contributed by atoms with Crippen molar-refractivity contribution in [3.05, 3.63) is 59.6 Å². The van der Waals surface area contributed by atoms with Crippen molar-refractivity contribution in [3.8, 4) is 0 Å². The summed E-state index contributed by atoms with van der Waals surface area (Å²) in [6, 6.07) is 12.1. The molecule has 0 fully saturated rings. The number of thiophene rings is 2. The first kappa shape index (κ1) is 12.5. The van der Waals surface area contributed by atoms with Gasteiger partial charge in [-0.25, -0.2) is 0 Å². The average molecular weight is 309 g/mol. The van der Waals surface area contributed by atoms with Crippen LogP contribution in [-0.2, 0) is 0 Å². The van der Waals surface area contributed by atoms with E-state index in [-0.39, 0.29) is 0 Å². The summed E-state index contributed by atoms with van der Waals surface area (Å²) in [6.07, 6.45) is 3.39. The summed E-state index contributed by atoms with van der Waals surface area (Å²) in [5, 5.41) is 5.62. The van der Waals surface area contributed by atoms with Gasteiger partial charge in [-0.1, -0.05) is 12.1 Å². The van der Waals surface area contributed by atoms with Crippen LogP contribution in [0.1, 0.15) is 0 Å². The van der Waals surface area contributed by atoms with Crippen molar-refractivity contribution < 1.29 is 0 Å². The Balaban J connectivity index is 0.000000110. The van der Waals surface area contributed by atoms with E-state index in [9.17, 15) is 0 Å². The number of nitrogens with one attached hydrogen (secondary N) is 1. The second-order valence-electron chi connectivity index (χ2n) is 4.50. The summed E-state index contributed by atoms with van der Waals surface area (Å²) < 4.78 is 1.39. The molecule has 4 aromatic heterocycles. The molecule has 0 aliphatic carbocycles. The van der Waals surface area contributed by atoms with Crippen LogP contribution in [0.5, 0.6) is 0 Å². The highest BCUT2D eigenvalue weighted by Crippen LogP contribution is 2.32. The Morgan fingerprint density at radius 3 is 2.29 bits per heavy atom. The van der Waals surface area contributed by atoms with Crippen LogP contribution in [0.15, 0.2) is 59.6 Å². The molecule has 0 spiro atoms. The van der Waals surface area contributed by atoms with Gasteiger partial charge in [0.05, 0.1) is 21.3 Å². The summed E-state index contributed by atoms with van der Waals surface area (Å²) in [5.74, 6) is 0. The molecule has 102 valence electrons. The molecule has 0 aliphatic rings. The highest BCUT2D eigenvalue weighted by Gasteiger charge is 2.04. The molecule has 0 atom stereocenters. The van der Waals surface area contributed by atoms with E-state index in [4.69, 9.17) is 0 Å². The molecular weight excluding hydrogens is 298 g/mol. The third kappa shape index (κ3) is 2.30. The number of para-hydroxylation sites is 2. The number of aromatic amines is 1. The zero-order chi connectivity index (χ0) is 14.1. The minimum atomic E-state index is 0.949. The Labute approximate surface area is 128 Å². The van der Waals surface area contributed by atoms with Gasteiger partial charge in [-0.15, -0.1) is 22.7 Å². The average Bonchev–Trinajstić information content (AvgIpc) is 3.21. The molecule has 0 saturated heterocycles. The van der Waals surface area contributed by atoms with Crippen LogP contribution in [0.2, 0.25) is 0 Å². The summed E-state index contributed by atoms with van der Waals surface area (Å²) >= 11 is 3.57. The van der Waals surface area contributed by atoms with Gasteiger partial charge in [-0.3, -0.25) is 9.97 Å². The summed E-state index contributed by atoms with van der Waals surface area (Å²) in [4.78, 5) is 12.9. The lowest BCUT2D eigenvalue weighted by Crippen LogP contribution is -1.78. The van der Waals surface area contributed by atoms with E-state index in [0.29, 0.717) is 0 Å². The van der Waals surface area contributed by atoms with E-state index in [1.54, 1.807) is 35.1 Å². The Hall–Kier alpha value is -2.24. The largest absolute Gasteiger partial charge is 0.346 e. The monoisotopic (exact) mass is 309 g/mol. The van der Waals surface area contributed by atoms with Crippen molar-refractivity contribution in [2.24, 2.45) is 0 Å². The quantitative estimate of drug-likeness (QED) is 0.434. The minimum absolute atomic E-state index is 0.949. The summed E-state index contributed by atoms with van der Waals surface area (Å²) in [7, 11) is 0. The van der Waals surface area contributed by atoms with E-state index in [1.165, 1.54) is 20.4 Å². The van der Waals surface area contributed by atoms with Crippen LogP contribution < -0.4 is 0 Å². The van der Waals surface area contributed by atoms with Gasteiger partial charge in [0.2, 0.25) is 0 Å². The smallest absolute Gasteiger partial charge is 0.102 e. The highest BCUT2D eigenvalue weighted by molar-refractivity contribution is 7.21. The van der Waals surface area contributed by atoms with E-state index < -0.39 is 0 Å². The molecule has 4 heterocycles. The van der Waals surface area contributed by atoms with Gasteiger partial charge >= 0.3 is 0 Å². The molecule has 0 unspecified atom stereocenters. The lowest BCUT2D eigenvalue weighted by atomic mass is 10.3. The predicted octanol–water partition coefficient (Wildman–Crippen LogP) is 5.07. The Kier molecular flexibility index (Phi) is 3.14. The van der Waals surface area contributed by atoms with Gasteiger partial charge < -0.3 is 4.98 Å². The number of benzene rings is 1. The topological polar surface area (TPSA) is 41.6 Å². The molecule has 0 aliphatic heterocycles. The Bertz CT molecular complexity index is 899. The number of fused-ring (bicyclic) bond motifs is 4. The molecule has 5 rings (SSSR count). The Morgan fingerprint density at radius 2 is 1.52 bits per heavy atom. The van der Waals surface area contributed by atoms with Crippen LogP contribution in [0.4, 0.5) is 0 Å².